The number of hydrogen-bond acceptors (Lipinski definition) is 3. The zero-order chi connectivity index (χ0) is 14.7. The Morgan fingerprint density at radius 1 is 1.25 bits per heavy atom. The number of aryl methyl sites for hydroxylation is 1. The van der Waals surface area contributed by atoms with Crippen molar-refractivity contribution in [3.63, 3.8) is 0 Å². The Balaban J connectivity index is 2.25. The zero-order valence-electron chi connectivity index (χ0n) is 10.6. The molecule has 0 saturated carbocycles. The van der Waals surface area contributed by atoms with E-state index in [1.807, 2.05) is 19.1 Å². The monoisotopic (exact) mass is 334 g/mol. The lowest BCUT2D eigenvalue weighted by atomic mass is 10.1. The second kappa shape index (κ2) is 5.83. The second-order valence-electron chi connectivity index (χ2n) is 4.19. The average molecular weight is 335 g/mol. The number of nitrogens with one attached hydrogen (secondary N) is 1. The highest BCUT2D eigenvalue weighted by Gasteiger charge is 2.13. The van der Waals surface area contributed by atoms with Crippen molar-refractivity contribution >= 4 is 33.2 Å². The molecule has 0 aliphatic carbocycles. The molecule has 2 aromatic carbocycles. The van der Waals surface area contributed by atoms with Gasteiger partial charge in [-0.25, -0.2) is 0 Å². The Hall–Kier alpha value is -2.21. The molecule has 0 bridgehead atoms. The molecule has 20 heavy (non-hydrogen) atoms. The third-order valence-corrected chi connectivity index (χ3v) is 3.46. The van der Waals surface area contributed by atoms with E-state index < -0.39 is 4.92 Å². The maximum absolute atomic E-state index is 12.1. The van der Waals surface area contributed by atoms with Crippen molar-refractivity contribution in [3.8, 4) is 0 Å². The van der Waals surface area contributed by atoms with Gasteiger partial charge in [-0.1, -0.05) is 18.2 Å². The summed E-state index contributed by atoms with van der Waals surface area (Å²) in [5, 5.41) is 13.4. The van der Waals surface area contributed by atoms with E-state index in [1.54, 1.807) is 12.1 Å². The molecule has 0 unspecified atom stereocenters. The summed E-state index contributed by atoms with van der Waals surface area (Å²) in [4.78, 5) is 22.3. The lowest BCUT2D eigenvalue weighted by molar-refractivity contribution is -0.384. The highest BCUT2D eigenvalue weighted by Crippen LogP contribution is 2.27. The normalized spacial score (nSPS) is 10.1. The summed E-state index contributed by atoms with van der Waals surface area (Å²) in [7, 11) is 0. The van der Waals surface area contributed by atoms with Crippen LogP contribution in [0.3, 0.4) is 0 Å². The average Bonchev–Trinajstić information content (AvgIpc) is 2.41. The molecule has 1 N–H and O–H groups in total. The van der Waals surface area contributed by atoms with Gasteiger partial charge in [0.15, 0.2) is 0 Å². The number of non-ortho nitro benzene ring substituents is 1. The van der Waals surface area contributed by atoms with Crippen LogP contribution in [0.1, 0.15) is 15.9 Å². The Bertz CT molecular complexity index is 686. The van der Waals surface area contributed by atoms with Crippen LogP contribution in [0.4, 0.5) is 11.4 Å². The number of carbonyl (C=O) groups is 1. The van der Waals surface area contributed by atoms with E-state index in [0.717, 1.165) is 5.56 Å². The zero-order valence-corrected chi connectivity index (χ0v) is 12.2. The molecular formula is C14H11BrN2O3. The maximum atomic E-state index is 12.1. The Morgan fingerprint density at radius 2 is 1.95 bits per heavy atom. The van der Waals surface area contributed by atoms with Gasteiger partial charge in [0, 0.05) is 22.2 Å². The van der Waals surface area contributed by atoms with Crippen LogP contribution in [0.2, 0.25) is 0 Å². The quantitative estimate of drug-likeness (QED) is 0.683. The Morgan fingerprint density at radius 3 is 2.55 bits per heavy atom. The first kappa shape index (κ1) is 14.2. The van der Waals surface area contributed by atoms with Gasteiger partial charge >= 0.3 is 0 Å². The molecule has 5 nitrogen and oxygen atoms in total. The van der Waals surface area contributed by atoms with Gasteiger partial charge in [-0.2, -0.15) is 0 Å². The first-order chi connectivity index (χ1) is 9.49. The number of nitrogens with zero attached hydrogens (tertiary/aromatic N) is 1. The minimum Gasteiger partial charge on any atom is -0.321 e. The molecule has 0 saturated heterocycles. The minimum atomic E-state index is -0.488. The van der Waals surface area contributed by atoms with Crippen molar-refractivity contribution in [2.75, 3.05) is 5.32 Å². The van der Waals surface area contributed by atoms with Crippen LogP contribution in [-0.4, -0.2) is 10.8 Å². The topological polar surface area (TPSA) is 72.2 Å². The third kappa shape index (κ3) is 3.03. The fourth-order valence-corrected chi connectivity index (χ4v) is 2.20. The number of hydrogen-bond donors (Lipinski definition) is 1. The number of carbonyl (C=O) groups excluding carboxylic acids is 1. The number of rotatable bonds is 3. The lowest BCUT2D eigenvalue weighted by Gasteiger charge is -2.09. The van der Waals surface area contributed by atoms with Crippen LogP contribution in [-0.2, 0) is 0 Å². The number of benzene rings is 2. The molecule has 6 heteroatoms. The van der Waals surface area contributed by atoms with Gasteiger partial charge in [0.05, 0.1) is 10.6 Å². The lowest BCUT2D eigenvalue weighted by Crippen LogP contribution is -2.13. The molecule has 0 aromatic heterocycles. The van der Waals surface area contributed by atoms with Crippen LogP contribution in [0.5, 0.6) is 0 Å². The molecule has 0 aliphatic heterocycles. The number of nitro benzene ring substituents is 1. The van der Waals surface area contributed by atoms with Gasteiger partial charge < -0.3 is 5.32 Å². The van der Waals surface area contributed by atoms with Crippen LogP contribution in [0.25, 0.3) is 0 Å². The fraction of sp³-hybridized carbons (Fsp3) is 0.0714. The highest BCUT2D eigenvalue weighted by molar-refractivity contribution is 9.10. The Kier molecular flexibility index (Phi) is 4.14. The highest BCUT2D eigenvalue weighted by atomic mass is 79.9. The smallest absolute Gasteiger partial charge is 0.270 e. The summed E-state index contributed by atoms with van der Waals surface area (Å²) < 4.78 is 0.466. The van der Waals surface area contributed by atoms with E-state index >= 15 is 0 Å². The van der Waals surface area contributed by atoms with Gasteiger partial charge in [-0.15, -0.1) is 0 Å². The predicted molar refractivity (Wildman–Crippen MR) is 79.9 cm³/mol. The van der Waals surface area contributed by atoms with Crippen molar-refractivity contribution < 1.29 is 9.72 Å². The van der Waals surface area contributed by atoms with Crippen molar-refractivity contribution in [2.24, 2.45) is 0 Å². The van der Waals surface area contributed by atoms with Crippen LogP contribution in [0, 0.1) is 17.0 Å². The van der Waals surface area contributed by atoms with E-state index in [-0.39, 0.29) is 11.6 Å². The molecule has 102 valence electrons. The molecule has 0 fully saturated rings. The van der Waals surface area contributed by atoms with Crippen molar-refractivity contribution in [1.82, 2.24) is 0 Å². The first-order valence-electron chi connectivity index (χ1n) is 5.80. The van der Waals surface area contributed by atoms with E-state index in [2.05, 4.69) is 21.2 Å². The van der Waals surface area contributed by atoms with Gasteiger partial charge in [-0.05, 0) is 40.5 Å². The summed E-state index contributed by atoms with van der Waals surface area (Å²) in [5.41, 5.74) is 1.88. The van der Waals surface area contributed by atoms with Crippen molar-refractivity contribution in [2.45, 2.75) is 6.92 Å². The number of halogens is 1. The van der Waals surface area contributed by atoms with Crippen LogP contribution < -0.4 is 5.32 Å². The predicted octanol–water partition coefficient (Wildman–Crippen LogP) is 3.92. The Labute approximate surface area is 123 Å². The molecule has 0 heterocycles. The largest absolute Gasteiger partial charge is 0.321 e. The molecule has 0 spiro atoms. The molecule has 2 rings (SSSR count). The summed E-state index contributed by atoms with van der Waals surface area (Å²) in [6.07, 6.45) is 0. The van der Waals surface area contributed by atoms with Crippen LogP contribution >= 0.6 is 15.9 Å². The SMILES string of the molecule is Cc1ccccc1C(=O)Nc1ccc([N+](=O)[O-])cc1Br. The molecule has 2 aromatic rings. The fourth-order valence-electron chi connectivity index (χ4n) is 1.74. The second-order valence-corrected chi connectivity index (χ2v) is 5.04. The molecule has 0 atom stereocenters. The standard InChI is InChI=1S/C14H11BrN2O3/c1-9-4-2-3-5-11(9)14(18)16-13-7-6-10(17(19)20)8-12(13)15/h2-8H,1H3,(H,16,18). The summed E-state index contributed by atoms with van der Waals surface area (Å²) in [6.45, 7) is 1.85. The first-order valence-corrected chi connectivity index (χ1v) is 6.59. The maximum Gasteiger partial charge on any atom is 0.270 e. The number of amides is 1. The summed E-state index contributed by atoms with van der Waals surface area (Å²) in [5.74, 6) is -0.252. The van der Waals surface area contributed by atoms with E-state index in [9.17, 15) is 14.9 Å². The molecular weight excluding hydrogens is 324 g/mol. The van der Waals surface area contributed by atoms with E-state index in [4.69, 9.17) is 0 Å². The molecule has 0 radical (unpaired) electrons. The summed E-state index contributed by atoms with van der Waals surface area (Å²) in [6, 6.07) is 11.4. The van der Waals surface area contributed by atoms with Gasteiger partial charge in [0.2, 0.25) is 0 Å². The van der Waals surface area contributed by atoms with E-state index in [1.165, 1.54) is 18.2 Å². The number of anilines is 1. The number of nitro groups is 1. The van der Waals surface area contributed by atoms with Crippen molar-refractivity contribution in [3.05, 3.63) is 68.2 Å². The summed E-state index contributed by atoms with van der Waals surface area (Å²) >= 11 is 3.22. The van der Waals surface area contributed by atoms with Crippen LogP contribution in [0.15, 0.2) is 46.9 Å². The third-order valence-electron chi connectivity index (χ3n) is 2.80. The van der Waals surface area contributed by atoms with Gasteiger partial charge in [-0.3, -0.25) is 14.9 Å². The van der Waals surface area contributed by atoms with Gasteiger partial charge in [0.25, 0.3) is 11.6 Å². The van der Waals surface area contributed by atoms with E-state index in [0.29, 0.717) is 15.7 Å². The minimum absolute atomic E-state index is 0.0363. The molecule has 1 amide bonds. The van der Waals surface area contributed by atoms with Crippen molar-refractivity contribution in [1.29, 1.82) is 0 Å². The van der Waals surface area contributed by atoms with Gasteiger partial charge in [0.1, 0.15) is 0 Å². The molecule has 0 aliphatic rings.